The molecule has 0 radical (unpaired) electrons. The van der Waals surface area contributed by atoms with Crippen LogP contribution in [0.1, 0.15) is 367 Å². The van der Waals surface area contributed by atoms with Crippen molar-refractivity contribution < 1.29 is 24.5 Å². The van der Waals surface area contributed by atoms with Gasteiger partial charge in [-0.2, -0.15) is 0 Å². The second-order valence-electron chi connectivity index (χ2n) is 23.2. The Morgan fingerprint density at radius 3 is 1.05 bits per heavy atom. The largest absolute Gasteiger partial charge is 0.466 e. The van der Waals surface area contributed by atoms with Crippen LogP contribution in [-0.4, -0.2) is 47.4 Å². The average Bonchev–Trinajstić information content (AvgIpc) is 3.41. The van der Waals surface area contributed by atoms with E-state index in [4.69, 9.17) is 4.74 Å². The van der Waals surface area contributed by atoms with Crippen LogP contribution in [0.2, 0.25) is 0 Å². The van der Waals surface area contributed by atoms with Gasteiger partial charge in [0.05, 0.1) is 25.4 Å². The Morgan fingerprint density at radius 2 is 0.680 bits per heavy atom. The molecule has 0 saturated heterocycles. The van der Waals surface area contributed by atoms with Crippen molar-refractivity contribution in [3.8, 4) is 0 Å². The number of allylic oxidation sites excluding steroid dienone is 5. The molecule has 0 spiro atoms. The molecule has 6 nitrogen and oxygen atoms in total. The SMILES string of the molecule is CCCC/C=C\C/C=C\CCCCCCCC(=O)OCCCCCCCCCCCCCCCCCCCCCCCCCCCCCCCCCCCC(=O)NC(CO)C(O)/C=C/CCCCCCCCCCC. The Kier molecular flexibility index (Phi) is 63.0. The van der Waals surface area contributed by atoms with E-state index in [-0.39, 0.29) is 18.5 Å². The molecule has 0 aliphatic rings. The van der Waals surface area contributed by atoms with Crippen LogP contribution < -0.4 is 5.32 Å². The van der Waals surface area contributed by atoms with E-state index < -0.39 is 12.1 Å². The van der Waals surface area contributed by atoms with Crippen molar-refractivity contribution in [2.75, 3.05) is 13.2 Å². The molecule has 0 aromatic carbocycles. The number of nitrogens with one attached hydrogen (secondary N) is 1. The summed E-state index contributed by atoms with van der Waals surface area (Å²) in [6, 6.07) is -0.622. The molecule has 0 aromatic rings. The van der Waals surface area contributed by atoms with Gasteiger partial charge in [0.25, 0.3) is 0 Å². The normalized spacial score (nSPS) is 12.7. The van der Waals surface area contributed by atoms with Crippen LogP contribution in [0.5, 0.6) is 0 Å². The van der Waals surface area contributed by atoms with E-state index in [0.29, 0.717) is 19.4 Å². The van der Waals surface area contributed by atoms with Gasteiger partial charge in [-0.3, -0.25) is 9.59 Å². The van der Waals surface area contributed by atoms with Crippen LogP contribution in [0.25, 0.3) is 0 Å². The van der Waals surface area contributed by atoms with E-state index in [1.165, 1.54) is 289 Å². The van der Waals surface area contributed by atoms with Gasteiger partial charge in [-0.15, -0.1) is 0 Å². The standard InChI is InChI=1S/C69H131NO5/c1-3-5-7-9-11-13-15-16-39-43-47-51-55-59-63-69(74)75-64-60-56-52-48-44-40-37-35-33-31-29-27-25-23-21-19-17-18-20-22-24-26-28-30-32-34-36-38-42-46-50-54-58-62-68(73)70-66(65-71)67(72)61-57-53-49-45-41-14-12-10-8-6-4-2/h9,11,15-16,57,61,66-67,71-72H,3-8,10,12-14,17-56,58-60,62-65H2,1-2H3,(H,70,73)/b11-9-,16-15-,61-57+. The van der Waals surface area contributed by atoms with Crippen molar-refractivity contribution in [3.63, 3.8) is 0 Å². The van der Waals surface area contributed by atoms with Crippen LogP contribution in [0.3, 0.4) is 0 Å². The van der Waals surface area contributed by atoms with E-state index in [9.17, 15) is 19.8 Å². The smallest absolute Gasteiger partial charge is 0.305 e. The van der Waals surface area contributed by atoms with Gasteiger partial charge >= 0.3 is 5.97 Å². The molecule has 442 valence electrons. The molecule has 2 unspecified atom stereocenters. The summed E-state index contributed by atoms with van der Waals surface area (Å²) in [4.78, 5) is 24.5. The Bertz CT molecular complexity index is 1210. The predicted octanol–water partition coefficient (Wildman–Crippen LogP) is 21.5. The van der Waals surface area contributed by atoms with Crippen molar-refractivity contribution in [1.29, 1.82) is 0 Å². The Hall–Kier alpha value is -1.92. The van der Waals surface area contributed by atoms with Gasteiger partial charge in [-0.05, 0) is 57.8 Å². The molecule has 0 bridgehead atoms. The van der Waals surface area contributed by atoms with Crippen molar-refractivity contribution >= 4 is 11.9 Å². The zero-order chi connectivity index (χ0) is 54.3. The molecule has 0 aliphatic carbocycles. The lowest BCUT2D eigenvalue weighted by molar-refractivity contribution is -0.143. The quantitative estimate of drug-likeness (QED) is 0.0320. The maximum Gasteiger partial charge on any atom is 0.305 e. The van der Waals surface area contributed by atoms with E-state index in [1.807, 2.05) is 6.08 Å². The molecule has 0 aromatic heterocycles. The van der Waals surface area contributed by atoms with Gasteiger partial charge in [0.1, 0.15) is 0 Å². The maximum atomic E-state index is 12.4. The molecular weight excluding hydrogens is 923 g/mol. The first-order chi connectivity index (χ1) is 37.0. The summed E-state index contributed by atoms with van der Waals surface area (Å²) >= 11 is 0. The van der Waals surface area contributed by atoms with Crippen molar-refractivity contribution in [2.24, 2.45) is 0 Å². The summed E-state index contributed by atoms with van der Waals surface area (Å²) in [5.41, 5.74) is 0. The van der Waals surface area contributed by atoms with Crippen molar-refractivity contribution in [3.05, 3.63) is 36.5 Å². The van der Waals surface area contributed by atoms with Gasteiger partial charge in [0.2, 0.25) is 5.91 Å². The number of aliphatic hydroxyl groups excluding tert-OH is 2. The first-order valence-corrected chi connectivity index (χ1v) is 33.8. The number of ether oxygens (including phenoxy) is 1. The number of unbranched alkanes of at least 4 members (excludes halogenated alkanes) is 48. The van der Waals surface area contributed by atoms with Crippen LogP contribution in [0.15, 0.2) is 36.5 Å². The Labute approximate surface area is 468 Å². The Balaban J connectivity index is 3.31. The highest BCUT2D eigenvalue weighted by molar-refractivity contribution is 5.76. The lowest BCUT2D eigenvalue weighted by Crippen LogP contribution is -2.45. The monoisotopic (exact) mass is 1050 g/mol. The lowest BCUT2D eigenvalue weighted by Gasteiger charge is -2.20. The van der Waals surface area contributed by atoms with Crippen LogP contribution in [0, 0.1) is 0 Å². The summed E-state index contributed by atoms with van der Waals surface area (Å²) in [5.74, 6) is -0.0565. The highest BCUT2D eigenvalue weighted by Crippen LogP contribution is 2.18. The fraction of sp³-hybridized carbons (Fsp3) is 0.884. The maximum absolute atomic E-state index is 12.4. The number of hydrogen-bond donors (Lipinski definition) is 3. The number of esters is 1. The fourth-order valence-electron chi connectivity index (χ4n) is 10.5. The minimum absolute atomic E-state index is 0.00678. The third-order valence-corrected chi connectivity index (χ3v) is 15.7. The molecular formula is C69H131NO5. The number of rotatable bonds is 63. The fourth-order valence-corrected chi connectivity index (χ4v) is 10.5. The third-order valence-electron chi connectivity index (χ3n) is 15.7. The molecule has 2 atom stereocenters. The topological polar surface area (TPSA) is 95.9 Å². The summed E-state index contributed by atoms with van der Waals surface area (Å²) in [6.07, 6.45) is 82.3. The number of amides is 1. The second kappa shape index (κ2) is 64.6. The lowest BCUT2D eigenvalue weighted by atomic mass is 10.0. The number of carbonyl (C=O) groups is 2. The van der Waals surface area contributed by atoms with Gasteiger partial charge < -0.3 is 20.3 Å². The van der Waals surface area contributed by atoms with Gasteiger partial charge in [0.15, 0.2) is 0 Å². The molecule has 6 heteroatoms. The first-order valence-electron chi connectivity index (χ1n) is 33.8. The van der Waals surface area contributed by atoms with E-state index >= 15 is 0 Å². The molecule has 0 rings (SSSR count). The number of aliphatic hydroxyl groups is 2. The van der Waals surface area contributed by atoms with Gasteiger partial charge in [-0.25, -0.2) is 0 Å². The first kappa shape index (κ1) is 73.1. The number of carbonyl (C=O) groups excluding carboxylic acids is 2. The summed E-state index contributed by atoms with van der Waals surface area (Å²) in [6.45, 7) is 4.87. The molecule has 0 saturated carbocycles. The molecule has 75 heavy (non-hydrogen) atoms. The second-order valence-corrected chi connectivity index (χ2v) is 23.2. The van der Waals surface area contributed by atoms with E-state index in [1.54, 1.807) is 6.08 Å². The zero-order valence-electron chi connectivity index (χ0n) is 50.5. The Morgan fingerprint density at radius 1 is 0.373 bits per heavy atom. The molecule has 0 heterocycles. The van der Waals surface area contributed by atoms with Gasteiger partial charge in [-0.1, -0.05) is 333 Å². The summed E-state index contributed by atoms with van der Waals surface area (Å²) in [7, 11) is 0. The van der Waals surface area contributed by atoms with Crippen molar-refractivity contribution in [2.45, 2.75) is 379 Å². The van der Waals surface area contributed by atoms with Gasteiger partial charge in [0, 0.05) is 12.8 Å². The summed E-state index contributed by atoms with van der Waals surface area (Å²) < 4.78 is 5.48. The third kappa shape index (κ3) is 61.2. The molecule has 0 aliphatic heterocycles. The van der Waals surface area contributed by atoms with Crippen LogP contribution in [-0.2, 0) is 14.3 Å². The van der Waals surface area contributed by atoms with E-state index in [2.05, 4.69) is 43.5 Å². The molecule has 3 N–H and O–H groups in total. The van der Waals surface area contributed by atoms with Crippen molar-refractivity contribution in [1.82, 2.24) is 5.32 Å². The zero-order valence-corrected chi connectivity index (χ0v) is 50.5. The van der Waals surface area contributed by atoms with E-state index in [0.717, 1.165) is 51.4 Å². The minimum Gasteiger partial charge on any atom is -0.466 e. The predicted molar refractivity (Wildman–Crippen MR) is 329 cm³/mol. The number of hydrogen-bond acceptors (Lipinski definition) is 5. The highest BCUT2D eigenvalue weighted by Gasteiger charge is 2.18. The molecule has 1 amide bonds. The van der Waals surface area contributed by atoms with Crippen LogP contribution >= 0.6 is 0 Å². The summed E-state index contributed by atoms with van der Waals surface area (Å²) in [5, 5.41) is 23.0. The average molecular weight is 1050 g/mol. The minimum atomic E-state index is -0.839. The van der Waals surface area contributed by atoms with Crippen LogP contribution in [0.4, 0.5) is 0 Å². The molecule has 0 fully saturated rings. The highest BCUT2D eigenvalue weighted by atomic mass is 16.5.